The molecular weight excluding hydrogens is 296 g/mol. The van der Waals surface area contributed by atoms with Gasteiger partial charge in [-0.15, -0.1) is 0 Å². The third-order valence-electron chi connectivity index (χ3n) is 9.93. The molecule has 0 aromatic carbocycles. The van der Waals surface area contributed by atoms with E-state index in [2.05, 4.69) is 6.92 Å². The van der Waals surface area contributed by atoms with E-state index < -0.39 is 0 Å². The fourth-order valence-electron chi connectivity index (χ4n) is 9.06. The molecule has 1 unspecified atom stereocenters. The van der Waals surface area contributed by atoms with Crippen LogP contribution in [-0.4, -0.2) is 17.0 Å². The summed E-state index contributed by atoms with van der Waals surface area (Å²) in [6, 6.07) is 0. The Morgan fingerprint density at radius 2 is 1.83 bits per heavy atom. The minimum atomic E-state index is -0.0266. The van der Waals surface area contributed by atoms with Crippen molar-refractivity contribution in [3.05, 3.63) is 0 Å². The molecule has 5 saturated carbocycles. The van der Waals surface area contributed by atoms with Crippen LogP contribution in [-0.2, 0) is 4.79 Å². The Morgan fingerprint density at radius 3 is 2.58 bits per heavy atom. The van der Waals surface area contributed by atoms with Crippen LogP contribution in [0.3, 0.4) is 0 Å². The van der Waals surface area contributed by atoms with Gasteiger partial charge in [0.25, 0.3) is 0 Å². The molecule has 0 aromatic heterocycles. The van der Waals surface area contributed by atoms with Crippen molar-refractivity contribution in [3.63, 3.8) is 0 Å². The van der Waals surface area contributed by atoms with E-state index in [1.54, 1.807) is 0 Å². The maximum absolute atomic E-state index is 12.6. The zero-order valence-corrected chi connectivity index (χ0v) is 15.5. The predicted octanol–water partition coefficient (Wildman–Crippen LogP) is 4.60. The summed E-state index contributed by atoms with van der Waals surface area (Å²) in [5, 5.41) is 10.1. The van der Waals surface area contributed by atoms with Crippen molar-refractivity contribution in [3.8, 4) is 0 Å². The number of ketones is 1. The van der Waals surface area contributed by atoms with Crippen molar-refractivity contribution in [1.29, 1.82) is 0 Å². The molecule has 134 valence electrons. The van der Waals surface area contributed by atoms with E-state index >= 15 is 0 Å². The predicted molar refractivity (Wildman–Crippen MR) is 94.3 cm³/mol. The fraction of sp³-hybridized carbons (Fsp3) is 0.955. The van der Waals surface area contributed by atoms with Gasteiger partial charge in [-0.25, -0.2) is 0 Å². The third kappa shape index (κ3) is 1.75. The summed E-state index contributed by atoms with van der Waals surface area (Å²) in [7, 11) is 0. The summed E-state index contributed by atoms with van der Waals surface area (Å²) < 4.78 is 0. The first-order chi connectivity index (χ1) is 11.5. The zero-order chi connectivity index (χ0) is 16.7. The highest BCUT2D eigenvalue weighted by Gasteiger charge is 2.77. The van der Waals surface area contributed by atoms with Gasteiger partial charge in [0.15, 0.2) is 0 Å². The topological polar surface area (TPSA) is 37.3 Å². The number of aliphatic hydroxyl groups excluding tert-OH is 1. The molecule has 0 bridgehead atoms. The number of rotatable bonds is 2. The van der Waals surface area contributed by atoms with E-state index in [1.165, 1.54) is 51.4 Å². The Hall–Kier alpha value is -0.370. The molecule has 5 aliphatic rings. The lowest BCUT2D eigenvalue weighted by Gasteiger charge is -2.58. The third-order valence-corrected chi connectivity index (χ3v) is 9.93. The average molecular weight is 331 g/mol. The van der Waals surface area contributed by atoms with Crippen molar-refractivity contribution >= 4 is 5.78 Å². The first-order valence-corrected chi connectivity index (χ1v) is 10.7. The summed E-state index contributed by atoms with van der Waals surface area (Å²) in [6.07, 6.45) is 12.5. The lowest BCUT2D eigenvalue weighted by atomic mass is 9.47. The quantitative estimate of drug-likeness (QED) is 0.803. The Morgan fingerprint density at radius 1 is 1.04 bits per heavy atom. The number of hydrogen-bond acceptors (Lipinski definition) is 2. The Kier molecular flexibility index (Phi) is 3.36. The second-order valence-electron chi connectivity index (χ2n) is 10.1. The number of carbonyl (C=O) groups is 1. The SMILES string of the molecule is CC[C@]12CC[C@H]3[C@@H](CC[C@H]4C[C@H](O)CC[C@@H]43)[C@@H]1CC1C[C@]12C(C)=O. The lowest BCUT2D eigenvalue weighted by Crippen LogP contribution is -2.52. The second-order valence-corrected chi connectivity index (χ2v) is 10.1. The monoisotopic (exact) mass is 330 g/mol. The number of aliphatic hydroxyl groups is 1. The fourth-order valence-corrected chi connectivity index (χ4v) is 9.06. The van der Waals surface area contributed by atoms with Gasteiger partial charge in [-0.1, -0.05) is 6.92 Å². The highest BCUT2D eigenvalue weighted by Crippen LogP contribution is 2.81. The normalized spacial score (nSPS) is 58.2. The minimum Gasteiger partial charge on any atom is -0.393 e. The average Bonchev–Trinajstić information content (AvgIpc) is 3.24. The molecule has 0 amide bonds. The van der Waals surface area contributed by atoms with E-state index in [0.717, 1.165) is 48.3 Å². The van der Waals surface area contributed by atoms with Crippen LogP contribution in [0.2, 0.25) is 0 Å². The van der Waals surface area contributed by atoms with Crippen molar-refractivity contribution in [2.24, 2.45) is 46.3 Å². The van der Waals surface area contributed by atoms with Crippen molar-refractivity contribution < 1.29 is 9.90 Å². The van der Waals surface area contributed by atoms with Gasteiger partial charge in [0, 0.05) is 5.41 Å². The molecule has 5 aliphatic carbocycles. The Labute approximate surface area is 146 Å². The first-order valence-electron chi connectivity index (χ1n) is 10.7. The van der Waals surface area contributed by atoms with E-state index in [-0.39, 0.29) is 11.5 Å². The van der Waals surface area contributed by atoms with Gasteiger partial charge in [-0.2, -0.15) is 0 Å². The van der Waals surface area contributed by atoms with Crippen LogP contribution in [0.1, 0.15) is 78.1 Å². The van der Waals surface area contributed by atoms with E-state index in [4.69, 9.17) is 0 Å². The summed E-state index contributed by atoms with van der Waals surface area (Å²) in [5.41, 5.74) is 0.447. The smallest absolute Gasteiger partial charge is 0.136 e. The highest BCUT2D eigenvalue weighted by molar-refractivity contribution is 5.87. The largest absolute Gasteiger partial charge is 0.393 e. The van der Waals surface area contributed by atoms with Gasteiger partial charge in [0.1, 0.15) is 5.78 Å². The molecular formula is C22H34O2. The second kappa shape index (κ2) is 5.09. The van der Waals surface area contributed by atoms with E-state index in [0.29, 0.717) is 11.2 Å². The molecule has 2 heteroatoms. The molecule has 5 rings (SSSR count). The number of carbonyl (C=O) groups excluding carboxylic acids is 1. The molecule has 1 N–H and O–H groups in total. The van der Waals surface area contributed by atoms with E-state index in [1.807, 2.05) is 6.92 Å². The van der Waals surface area contributed by atoms with Gasteiger partial charge in [0.2, 0.25) is 0 Å². The van der Waals surface area contributed by atoms with Crippen LogP contribution in [0.15, 0.2) is 0 Å². The molecule has 9 atom stereocenters. The lowest BCUT2D eigenvalue weighted by molar-refractivity contribution is -0.137. The molecule has 0 saturated heterocycles. The number of fused-ring (bicyclic) bond motifs is 7. The molecule has 0 aliphatic heterocycles. The van der Waals surface area contributed by atoms with Gasteiger partial charge in [-0.05, 0) is 112 Å². The summed E-state index contributed by atoms with van der Waals surface area (Å²) >= 11 is 0. The van der Waals surface area contributed by atoms with Gasteiger partial charge in [-0.3, -0.25) is 4.79 Å². The zero-order valence-electron chi connectivity index (χ0n) is 15.5. The minimum absolute atomic E-state index is 0.0266. The van der Waals surface area contributed by atoms with Gasteiger partial charge >= 0.3 is 0 Å². The standard InChI is InChI=1S/C22H34O2/c1-3-21-9-8-18-17-7-5-16(24)10-14(17)4-6-19(18)20(21)11-15-12-22(15,21)13(2)23/h14-20,24H,3-12H2,1-2H3/t14-,15?,16+,17-,18+,19+,20-,21-,22-/m0/s1. The van der Waals surface area contributed by atoms with Crippen LogP contribution < -0.4 is 0 Å². The first kappa shape index (κ1) is 15.9. The Balaban J connectivity index is 1.45. The van der Waals surface area contributed by atoms with Crippen molar-refractivity contribution in [2.75, 3.05) is 0 Å². The molecule has 0 heterocycles. The maximum atomic E-state index is 12.6. The van der Waals surface area contributed by atoms with Gasteiger partial charge in [0.05, 0.1) is 6.10 Å². The van der Waals surface area contributed by atoms with Crippen LogP contribution >= 0.6 is 0 Å². The molecule has 2 nitrogen and oxygen atoms in total. The molecule has 5 fully saturated rings. The molecule has 0 spiro atoms. The summed E-state index contributed by atoms with van der Waals surface area (Å²) in [6.45, 7) is 4.27. The van der Waals surface area contributed by atoms with E-state index in [9.17, 15) is 9.90 Å². The van der Waals surface area contributed by atoms with Crippen LogP contribution in [0.5, 0.6) is 0 Å². The van der Waals surface area contributed by atoms with Gasteiger partial charge < -0.3 is 5.11 Å². The summed E-state index contributed by atoms with van der Waals surface area (Å²) in [4.78, 5) is 12.6. The van der Waals surface area contributed by atoms with Crippen molar-refractivity contribution in [1.82, 2.24) is 0 Å². The van der Waals surface area contributed by atoms with Crippen LogP contribution in [0, 0.1) is 46.3 Å². The highest BCUT2D eigenvalue weighted by atomic mass is 16.3. The number of Topliss-reactive ketones (excluding diaryl/α,β-unsaturated/α-hetero) is 1. The summed E-state index contributed by atoms with van der Waals surface area (Å²) in [5.74, 6) is 5.54. The number of hydrogen-bond donors (Lipinski definition) is 1. The maximum Gasteiger partial charge on any atom is 0.136 e. The molecule has 0 radical (unpaired) electrons. The van der Waals surface area contributed by atoms with Crippen molar-refractivity contribution in [2.45, 2.75) is 84.2 Å². The van der Waals surface area contributed by atoms with Crippen LogP contribution in [0.25, 0.3) is 0 Å². The molecule has 0 aromatic rings. The Bertz CT molecular complexity index is 556. The van der Waals surface area contributed by atoms with Crippen LogP contribution in [0.4, 0.5) is 0 Å². The molecule has 24 heavy (non-hydrogen) atoms.